The monoisotopic (exact) mass is 267 g/mol. The molecule has 0 amide bonds. The number of hydrogen-bond acceptors (Lipinski definition) is 2. The van der Waals surface area contributed by atoms with E-state index in [1.165, 1.54) is 70.8 Å². The van der Waals surface area contributed by atoms with E-state index in [1.807, 2.05) is 0 Å². The van der Waals surface area contributed by atoms with Crippen molar-refractivity contribution in [2.75, 3.05) is 19.8 Å². The standard InChI is InChI=1S/C17H33NO/c1-2-10-18-17(13-15-6-4-3-5-7-15)14-16-8-11-19-12-9-16/h15-18H,2-14H2,1H3. The summed E-state index contributed by atoms with van der Waals surface area (Å²) in [5.74, 6) is 1.91. The van der Waals surface area contributed by atoms with Crippen LogP contribution in [0.1, 0.15) is 71.1 Å². The van der Waals surface area contributed by atoms with Crippen LogP contribution in [0.5, 0.6) is 0 Å². The Morgan fingerprint density at radius 2 is 1.58 bits per heavy atom. The fourth-order valence-corrected chi connectivity index (χ4v) is 3.82. The Morgan fingerprint density at radius 3 is 2.21 bits per heavy atom. The molecule has 1 saturated carbocycles. The van der Waals surface area contributed by atoms with Crippen molar-refractivity contribution in [3.8, 4) is 0 Å². The molecule has 1 unspecified atom stereocenters. The van der Waals surface area contributed by atoms with Gasteiger partial charge in [-0.05, 0) is 50.5 Å². The van der Waals surface area contributed by atoms with Gasteiger partial charge >= 0.3 is 0 Å². The third-order valence-electron chi connectivity index (χ3n) is 4.98. The molecule has 1 atom stereocenters. The summed E-state index contributed by atoms with van der Waals surface area (Å²) in [6, 6.07) is 0.770. The second-order valence-corrected chi connectivity index (χ2v) is 6.68. The topological polar surface area (TPSA) is 21.3 Å². The van der Waals surface area contributed by atoms with Crippen LogP contribution in [0.15, 0.2) is 0 Å². The van der Waals surface area contributed by atoms with Crippen molar-refractivity contribution in [3.05, 3.63) is 0 Å². The normalized spacial score (nSPS) is 24.5. The fraction of sp³-hybridized carbons (Fsp3) is 1.00. The Kier molecular flexibility index (Phi) is 7.23. The van der Waals surface area contributed by atoms with Crippen LogP contribution < -0.4 is 5.32 Å². The summed E-state index contributed by atoms with van der Waals surface area (Å²) in [7, 11) is 0. The molecule has 1 heterocycles. The molecule has 0 bridgehead atoms. The quantitative estimate of drug-likeness (QED) is 0.748. The summed E-state index contributed by atoms with van der Waals surface area (Å²) in [5, 5.41) is 3.82. The highest BCUT2D eigenvalue weighted by atomic mass is 16.5. The van der Waals surface area contributed by atoms with Crippen LogP contribution in [0.2, 0.25) is 0 Å². The molecule has 0 aromatic rings. The number of nitrogens with one attached hydrogen (secondary N) is 1. The zero-order valence-corrected chi connectivity index (χ0v) is 12.8. The molecule has 2 fully saturated rings. The Morgan fingerprint density at radius 1 is 0.947 bits per heavy atom. The second kappa shape index (κ2) is 8.97. The van der Waals surface area contributed by atoms with Crippen molar-refractivity contribution in [1.29, 1.82) is 0 Å². The molecule has 0 aromatic carbocycles. The first kappa shape index (κ1) is 15.3. The minimum absolute atomic E-state index is 0.770. The maximum atomic E-state index is 5.49. The zero-order chi connectivity index (χ0) is 13.3. The Hall–Kier alpha value is -0.0800. The van der Waals surface area contributed by atoms with Crippen LogP contribution in [0.3, 0.4) is 0 Å². The molecule has 0 radical (unpaired) electrons. The minimum atomic E-state index is 0.770. The van der Waals surface area contributed by atoms with Crippen LogP contribution in [0, 0.1) is 11.8 Å². The van der Waals surface area contributed by atoms with Crippen molar-refractivity contribution >= 4 is 0 Å². The molecule has 112 valence electrons. The molecule has 2 aliphatic rings. The number of hydrogen-bond donors (Lipinski definition) is 1. The predicted octanol–water partition coefficient (Wildman–Crippen LogP) is 4.14. The highest BCUT2D eigenvalue weighted by Gasteiger charge is 2.22. The summed E-state index contributed by atoms with van der Waals surface area (Å²) in [4.78, 5) is 0. The summed E-state index contributed by atoms with van der Waals surface area (Å²) in [6.07, 6.45) is 14.0. The largest absolute Gasteiger partial charge is 0.381 e. The zero-order valence-electron chi connectivity index (χ0n) is 12.8. The third kappa shape index (κ3) is 5.83. The van der Waals surface area contributed by atoms with Crippen molar-refractivity contribution in [2.24, 2.45) is 11.8 Å². The summed E-state index contributed by atoms with van der Waals surface area (Å²) in [6.45, 7) is 5.46. The van der Waals surface area contributed by atoms with Gasteiger partial charge in [0.1, 0.15) is 0 Å². The van der Waals surface area contributed by atoms with Crippen molar-refractivity contribution in [1.82, 2.24) is 5.32 Å². The highest BCUT2D eigenvalue weighted by Crippen LogP contribution is 2.30. The first-order valence-electron chi connectivity index (χ1n) is 8.69. The van der Waals surface area contributed by atoms with E-state index in [0.29, 0.717) is 0 Å². The van der Waals surface area contributed by atoms with E-state index in [4.69, 9.17) is 4.74 Å². The van der Waals surface area contributed by atoms with Gasteiger partial charge in [-0.15, -0.1) is 0 Å². The van der Waals surface area contributed by atoms with Crippen molar-refractivity contribution < 1.29 is 4.74 Å². The van der Waals surface area contributed by atoms with E-state index in [9.17, 15) is 0 Å². The molecule has 2 rings (SSSR count). The second-order valence-electron chi connectivity index (χ2n) is 6.68. The van der Waals surface area contributed by atoms with Crippen LogP contribution in [0.4, 0.5) is 0 Å². The molecule has 19 heavy (non-hydrogen) atoms. The van der Waals surface area contributed by atoms with E-state index in [0.717, 1.165) is 31.1 Å². The predicted molar refractivity (Wildman–Crippen MR) is 81.4 cm³/mol. The molecular formula is C17H33NO. The molecule has 1 aliphatic carbocycles. The molecule has 1 N–H and O–H groups in total. The van der Waals surface area contributed by atoms with Gasteiger partial charge in [-0.3, -0.25) is 0 Å². The highest BCUT2D eigenvalue weighted by molar-refractivity contribution is 4.78. The van der Waals surface area contributed by atoms with E-state index < -0.39 is 0 Å². The molecule has 0 aromatic heterocycles. The molecule has 2 heteroatoms. The Balaban J connectivity index is 1.75. The summed E-state index contributed by atoms with van der Waals surface area (Å²) < 4.78 is 5.49. The van der Waals surface area contributed by atoms with Gasteiger partial charge in [-0.2, -0.15) is 0 Å². The van der Waals surface area contributed by atoms with Gasteiger partial charge in [-0.1, -0.05) is 39.0 Å². The van der Waals surface area contributed by atoms with Crippen molar-refractivity contribution in [2.45, 2.75) is 77.2 Å². The van der Waals surface area contributed by atoms with Crippen LogP contribution in [-0.2, 0) is 4.74 Å². The smallest absolute Gasteiger partial charge is 0.0468 e. The SMILES string of the molecule is CCCNC(CC1CCCCC1)CC1CCOCC1. The maximum Gasteiger partial charge on any atom is 0.0468 e. The van der Waals surface area contributed by atoms with E-state index in [2.05, 4.69) is 12.2 Å². The van der Waals surface area contributed by atoms with Gasteiger partial charge in [0.05, 0.1) is 0 Å². The Bertz CT molecular complexity index is 199. The van der Waals surface area contributed by atoms with Gasteiger partial charge in [0.25, 0.3) is 0 Å². The average molecular weight is 267 g/mol. The molecule has 1 saturated heterocycles. The molecule has 1 aliphatic heterocycles. The van der Waals surface area contributed by atoms with E-state index in [1.54, 1.807) is 0 Å². The summed E-state index contributed by atoms with van der Waals surface area (Å²) >= 11 is 0. The first-order chi connectivity index (χ1) is 9.38. The van der Waals surface area contributed by atoms with Crippen LogP contribution in [-0.4, -0.2) is 25.8 Å². The molecule has 0 spiro atoms. The minimum Gasteiger partial charge on any atom is -0.381 e. The fourth-order valence-electron chi connectivity index (χ4n) is 3.82. The first-order valence-corrected chi connectivity index (χ1v) is 8.69. The lowest BCUT2D eigenvalue weighted by Crippen LogP contribution is -2.35. The third-order valence-corrected chi connectivity index (χ3v) is 4.98. The molecular weight excluding hydrogens is 234 g/mol. The van der Waals surface area contributed by atoms with E-state index >= 15 is 0 Å². The average Bonchev–Trinajstić information content (AvgIpc) is 2.47. The summed E-state index contributed by atoms with van der Waals surface area (Å²) in [5.41, 5.74) is 0. The van der Waals surface area contributed by atoms with E-state index in [-0.39, 0.29) is 0 Å². The van der Waals surface area contributed by atoms with Gasteiger partial charge in [0.2, 0.25) is 0 Å². The lowest BCUT2D eigenvalue weighted by Gasteiger charge is -2.31. The van der Waals surface area contributed by atoms with Gasteiger partial charge < -0.3 is 10.1 Å². The Labute approximate surface area is 119 Å². The van der Waals surface area contributed by atoms with Crippen LogP contribution in [0.25, 0.3) is 0 Å². The molecule has 2 nitrogen and oxygen atoms in total. The number of rotatable bonds is 7. The lowest BCUT2D eigenvalue weighted by atomic mass is 9.82. The van der Waals surface area contributed by atoms with Crippen molar-refractivity contribution in [3.63, 3.8) is 0 Å². The van der Waals surface area contributed by atoms with Crippen LogP contribution >= 0.6 is 0 Å². The number of ether oxygens (including phenoxy) is 1. The lowest BCUT2D eigenvalue weighted by molar-refractivity contribution is 0.0592. The van der Waals surface area contributed by atoms with Gasteiger partial charge in [-0.25, -0.2) is 0 Å². The van der Waals surface area contributed by atoms with Gasteiger partial charge in [0, 0.05) is 19.3 Å². The maximum absolute atomic E-state index is 5.49. The van der Waals surface area contributed by atoms with Gasteiger partial charge in [0.15, 0.2) is 0 Å².